The van der Waals surface area contributed by atoms with E-state index in [0.717, 1.165) is 41.1 Å². The van der Waals surface area contributed by atoms with Crippen molar-refractivity contribution in [3.63, 3.8) is 0 Å². The van der Waals surface area contributed by atoms with Crippen molar-refractivity contribution in [2.45, 2.75) is 19.4 Å². The van der Waals surface area contributed by atoms with Gasteiger partial charge in [0.15, 0.2) is 0 Å². The van der Waals surface area contributed by atoms with Crippen molar-refractivity contribution in [2.75, 3.05) is 24.5 Å². The lowest BCUT2D eigenvalue weighted by Crippen LogP contribution is -2.49. The molecule has 0 aliphatic carbocycles. The van der Waals surface area contributed by atoms with Gasteiger partial charge < -0.3 is 15.2 Å². The number of fused-ring (bicyclic) bond motifs is 1. The summed E-state index contributed by atoms with van der Waals surface area (Å²) in [4.78, 5) is 37.4. The van der Waals surface area contributed by atoms with E-state index in [2.05, 4.69) is 15.3 Å². The molecule has 0 saturated carbocycles. The van der Waals surface area contributed by atoms with Gasteiger partial charge in [-0.15, -0.1) is 0 Å². The van der Waals surface area contributed by atoms with E-state index in [0.29, 0.717) is 31.6 Å². The average molecular weight is 454 g/mol. The first kappa shape index (κ1) is 21.7. The quantitative estimate of drug-likeness (QED) is 0.436. The van der Waals surface area contributed by atoms with Crippen molar-refractivity contribution in [3.05, 3.63) is 95.8 Å². The molecule has 34 heavy (non-hydrogen) atoms. The van der Waals surface area contributed by atoms with Crippen molar-refractivity contribution >= 4 is 28.7 Å². The Hall–Kier alpha value is -4.13. The van der Waals surface area contributed by atoms with Crippen LogP contribution in [0.2, 0.25) is 0 Å². The van der Waals surface area contributed by atoms with Crippen LogP contribution >= 0.6 is 0 Å². The van der Waals surface area contributed by atoms with Crippen molar-refractivity contribution in [1.82, 2.24) is 20.2 Å². The molecule has 0 radical (unpaired) electrons. The molecule has 2 N–H and O–H groups in total. The van der Waals surface area contributed by atoms with Crippen LogP contribution in [0.25, 0.3) is 11.0 Å². The molecule has 5 rings (SSSR count). The highest BCUT2D eigenvalue weighted by Gasteiger charge is 2.27. The second-order valence-corrected chi connectivity index (χ2v) is 8.45. The summed E-state index contributed by atoms with van der Waals surface area (Å²) in [6.07, 6.45) is 1.49. The molecule has 1 fully saturated rings. The second kappa shape index (κ2) is 9.79. The number of hydrogen-bond acceptors (Lipinski definition) is 3. The van der Waals surface area contributed by atoms with E-state index < -0.39 is 0 Å². The van der Waals surface area contributed by atoms with Gasteiger partial charge in [0.05, 0.1) is 11.0 Å². The van der Waals surface area contributed by atoms with E-state index in [-0.39, 0.29) is 11.9 Å². The summed E-state index contributed by atoms with van der Waals surface area (Å²) in [6, 6.07) is 25.1. The Kier molecular flexibility index (Phi) is 6.25. The molecule has 172 valence electrons. The Balaban J connectivity index is 1.21. The Labute approximate surface area is 198 Å². The number of benzene rings is 3. The number of nitrogens with one attached hydrogen (secondary N) is 2. The zero-order valence-corrected chi connectivity index (χ0v) is 18.9. The largest absolute Gasteiger partial charge is 0.352 e. The van der Waals surface area contributed by atoms with Crippen LogP contribution in [0.3, 0.4) is 0 Å². The number of amides is 3. The lowest BCUT2D eigenvalue weighted by atomic mass is 10.1. The Morgan fingerprint density at radius 1 is 0.971 bits per heavy atom. The third-order valence-corrected chi connectivity index (χ3v) is 6.03. The molecule has 0 bridgehead atoms. The van der Waals surface area contributed by atoms with E-state index in [4.69, 9.17) is 0 Å². The number of urea groups is 1. The van der Waals surface area contributed by atoms with E-state index in [9.17, 15) is 9.59 Å². The summed E-state index contributed by atoms with van der Waals surface area (Å²) < 4.78 is 0. The summed E-state index contributed by atoms with van der Waals surface area (Å²) in [6.45, 7) is 2.42. The van der Waals surface area contributed by atoms with Gasteiger partial charge in [0.2, 0.25) is 0 Å². The van der Waals surface area contributed by atoms with Gasteiger partial charge in [-0.05, 0) is 42.3 Å². The number of imidazole rings is 1. The van der Waals surface area contributed by atoms with Crippen LogP contribution in [0.4, 0.5) is 10.5 Å². The number of nitrogens with zero attached hydrogens (tertiary/aromatic N) is 3. The predicted octanol–water partition coefficient (Wildman–Crippen LogP) is 4.37. The van der Waals surface area contributed by atoms with E-state index >= 15 is 0 Å². The fourth-order valence-corrected chi connectivity index (χ4v) is 4.31. The molecular weight excluding hydrogens is 426 g/mol. The molecular formula is C27H27N5O2. The first-order valence-electron chi connectivity index (χ1n) is 11.6. The fraction of sp³-hybridized carbons (Fsp3) is 0.222. The van der Waals surface area contributed by atoms with Gasteiger partial charge in [0.1, 0.15) is 5.82 Å². The standard InChI is InChI=1S/C27H27N5O2/c33-26(28-15-14-25-29-23-12-4-5-13-24(23)30-25)21-10-6-11-22(18-21)32-17-7-16-31(27(32)34)19-20-8-2-1-3-9-20/h1-6,8-13,18H,7,14-17,19H2,(H,28,33)(H,29,30). The minimum atomic E-state index is -0.163. The van der Waals surface area contributed by atoms with Gasteiger partial charge in [-0.25, -0.2) is 9.78 Å². The number of aromatic nitrogens is 2. The number of H-pyrrole nitrogens is 1. The number of hydrogen-bond donors (Lipinski definition) is 2. The summed E-state index contributed by atoms with van der Waals surface area (Å²) >= 11 is 0. The fourth-order valence-electron chi connectivity index (χ4n) is 4.31. The smallest absolute Gasteiger partial charge is 0.324 e. The predicted molar refractivity (Wildman–Crippen MR) is 133 cm³/mol. The summed E-state index contributed by atoms with van der Waals surface area (Å²) in [5.74, 6) is 0.677. The van der Waals surface area contributed by atoms with Crippen molar-refractivity contribution in [1.29, 1.82) is 0 Å². The Morgan fingerprint density at radius 3 is 2.65 bits per heavy atom. The Bertz CT molecular complexity index is 1270. The summed E-state index contributed by atoms with van der Waals surface area (Å²) in [7, 11) is 0. The number of carbonyl (C=O) groups is 2. The molecule has 0 atom stereocenters. The average Bonchev–Trinajstić information content (AvgIpc) is 3.29. The van der Waals surface area contributed by atoms with Crippen LogP contribution in [0, 0.1) is 0 Å². The molecule has 1 aliphatic rings. The minimum absolute atomic E-state index is 0.0300. The first-order valence-corrected chi connectivity index (χ1v) is 11.6. The third kappa shape index (κ3) is 4.78. The van der Waals surface area contributed by atoms with Crippen molar-refractivity contribution in [3.8, 4) is 0 Å². The maximum atomic E-state index is 13.2. The topological polar surface area (TPSA) is 81.3 Å². The van der Waals surface area contributed by atoms with E-state index in [1.807, 2.05) is 71.6 Å². The molecule has 7 heteroatoms. The maximum absolute atomic E-state index is 13.2. The third-order valence-electron chi connectivity index (χ3n) is 6.03. The number of para-hydroxylation sites is 2. The normalized spacial score (nSPS) is 13.9. The van der Waals surface area contributed by atoms with Gasteiger partial charge in [-0.1, -0.05) is 48.5 Å². The molecule has 1 saturated heterocycles. The summed E-state index contributed by atoms with van der Waals surface area (Å²) in [5.41, 5.74) is 4.30. The molecule has 3 aromatic carbocycles. The van der Waals surface area contributed by atoms with Gasteiger partial charge in [-0.2, -0.15) is 0 Å². The lowest BCUT2D eigenvalue weighted by Gasteiger charge is -2.35. The monoisotopic (exact) mass is 453 g/mol. The number of anilines is 1. The van der Waals surface area contributed by atoms with Crippen LogP contribution in [0.5, 0.6) is 0 Å². The molecule has 0 spiro atoms. The second-order valence-electron chi connectivity index (χ2n) is 8.45. The zero-order valence-electron chi connectivity index (χ0n) is 18.9. The lowest BCUT2D eigenvalue weighted by molar-refractivity contribution is 0.0954. The molecule has 4 aromatic rings. The van der Waals surface area contributed by atoms with Crippen LogP contribution in [0.1, 0.15) is 28.2 Å². The maximum Gasteiger partial charge on any atom is 0.324 e. The van der Waals surface area contributed by atoms with E-state index in [1.165, 1.54) is 0 Å². The van der Waals surface area contributed by atoms with Gasteiger partial charge in [0, 0.05) is 43.9 Å². The minimum Gasteiger partial charge on any atom is -0.352 e. The van der Waals surface area contributed by atoms with Crippen molar-refractivity contribution in [2.24, 2.45) is 0 Å². The highest BCUT2D eigenvalue weighted by Crippen LogP contribution is 2.22. The zero-order chi connectivity index (χ0) is 23.3. The SMILES string of the molecule is O=C(NCCc1nc2ccccc2[nH]1)c1cccc(N2CCCN(Cc3ccccc3)C2=O)c1. The van der Waals surface area contributed by atoms with Gasteiger partial charge >= 0.3 is 6.03 Å². The van der Waals surface area contributed by atoms with Crippen LogP contribution in [-0.2, 0) is 13.0 Å². The highest BCUT2D eigenvalue weighted by atomic mass is 16.2. The van der Waals surface area contributed by atoms with Gasteiger partial charge in [-0.3, -0.25) is 9.69 Å². The molecule has 1 aliphatic heterocycles. The highest BCUT2D eigenvalue weighted by molar-refractivity contribution is 5.98. The number of rotatable bonds is 7. The summed E-state index contributed by atoms with van der Waals surface area (Å²) in [5, 5.41) is 2.96. The number of carbonyl (C=O) groups excluding carboxylic acids is 2. The molecule has 0 unspecified atom stereocenters. The Morgan fingerprint density at radius 2 is 1.79 bits per heavy atom. The van der Waals surface area contributed by atoms with Gasteiger partial charge in [0.25, 0.3) is 5.91 Å². The molecule has 3 amide bonds. The van der Waals surface area contributed by atoms with E-state index in [1.54, 1.807) is 17.0 Å². The van der Waals surface area contributed by atoms with Crippen LogP contribution < -0.4 is 10.2 Å². The number of aromatic amines is 1. The molecule has 7 nitrogen and oxygen atoms in total. The van der Waals surface area contributed by atoms with Crippen LogP contribution in [0.15, 0.2) is 78.9 Å². The first-order chi connectivity index (χ1) is 16.7. The van der Waals surface area contributed by atoms with Crippen LogP contribution in [-0.4, -0.2) is 46.4 Å². The molecule has 2 heterocycles. The van der Waals surface area contributed by atoms with Crippen molar-refractivity contribution < 1.29 is 9.59 Å². The molecule has 1 aromatic heterocycles.